The van der Waals surface area contributed by atoms with Gasteiger partial charge in [0.2, 0.25) is 0 Å². The molecule has 22 heavy (non-hydrogen) atoms. The van der Waals surface area contributed by atoms with Crippen LogP contribution in [0.1, 0.15) is 20.3 Å². The van der Waals surface area contributed by atoms with Crippen LogP contribution in [0, 0.1) is 5.92 Å². The number of fused-ring (bicyclic) bond motifs is 1. The molecule has 0 unspecified atom stereocenters. The summed E-state index contributed by atoms with van der Waals surface area (Å²) in [5.41, 5.74) is 4.54. The van der Waals surface area contributed by atoms with Crippen molar-refractivity contribution < 1.29 is 0 Å². The van der Waals surface area contributed by atoms with E-state index >= 15 is 0 Å². The van der Waals surface area contributed by atoms with Crippen molar-refractivity contribution in [1.29, 1.82) is 0 Å². The first-order valence-corrected chi connectivity index (χ1v) is 7.92. The highest BCUT2D eigenvalue weighted by molar-refractivity contribution is 6.02. The van der Waals surface area contributed by atoms with Gasteiger partial charge in [-0.25, -0.2) is 0 Å². The van der Waals surface area contributed by atoms with Gasteiger partial charge < -0.3 is 5.32 Å². The van der Waals surface area contributed by atoms with Gasteiger partial charge in [0.1, 0.15) is 5.69 Å². The fraction of sp³-hybridized carbons (Fsp3) is 0.316. The summed E-state index contributed by atoms with van der Waals surface area (Å²) in [6.07, 6.45) is 1.16. The van der Waals surface area contributed by atoms with Crippen molar-refractivity contribution in [3.63, 3.8) is 0 Å². The first-order valence-electron chi connectivity index (χ1n) is 7.92. The molecule has 3 aromatic rings. The third kappa shape index (κ3) is 2.84. The number of aryl methyl sites for hydroxylation is 1. The van der Waals surface area contributed by atoms with Crippen molar-refractivity contribution in [2.45, 2.75) is 20.3 Å². The molecule has 0 radical (unpaired) electrons. The van der Waals surface area contributed by atoms with Gasteiger partial charge in [-0.3, -0.25) is 4.68 Å². The lowest BCUT2D eigenvalue weighted by atomic mass is 10.1. The van der Waals surface area contributed by atoms with Crippen LogP contribution in [0.2, 0.25) is 0 Å². The second-order valence-electron chi connectivity index (χ2n) is 6.15. The maximum Gasteiger partial charge on any atom is 0.102 e. The van der Waals surface area contributed by atoms with E-state index in [2.05, 4.69) is 61.6 Å². The average molecular weight is 293 g/mol. The Labute approximate surface area is 132 Å². The van der Waals surface area contributed by atoms with E-state index in [0.717, 1.165) is 29.7 Å². The zero-order valence-corrected chi connectivity index (χ0v) is 13.5. The summed E-state index contributed by atoms with van der Waals surface area (Å²) in [4.78, 5) is 0. The predicted octanol–water partition coefficient (Wildman–Crippen LogP) is 4.70. The molecule has 0 atom stereocenters. The second kappa shape index (κ2) is 6.22. The Morgan fingerprint density at radius 3 is 2.55 bits per heavy atom. The molecule has 0 saturated heterocycles. The molecule has 1 N–H and O–H groups in total. The Morgan fingerprint density at radius 2 is 1.82 bits per heavy atom. The Morgan fingerprint density at radius 1 is 1.05 bits per heavy atom. The van der Waals surface area contributed by atoms with Crippen LogP contribution in [-0.2, 0) is 7.05 Å². The number of nitrogens with zero attached hydrogens (tertiary/aromatic N) is 2. The van der Waals surface area contributed by atoms with E-state index < -0.39 is 0 Å². The van der Waals surface area contributed by atoms with Gasteiger partial charge >= 0.3 is 0 Å². The summed E-state index contributed by atoms with van der Waals surface area (Å²) < 4.78 is 1.96. The maximum absolute atomic E-state index is 4.74. The number of anilines is 1. The number of rotatable bonds is 5. The molecule has 3 nitrogen and oxygen atoms in total. The minimum absolute atomic E-state index is 0.703. The number of hydrogen-bond donors (Lipinski definition) is 1. The summed E-state index contributed by atoms with van der Waals surface area (Å²) in [7, 11) is 2.01. The van der Waals surface area contributed by atoms with Crippen LogP contribution in [-0.4, -0.2) is 16.3 Å². The topological polar surface area (TPSA) is 29.9 Å². The molecule has 0 aliphatic rings. The van der Waals surface area contributed by atoms with Crippen molar-refractivity contribution in [3.05, 3.63) is 48.5 Å². The van der Waals surface area contributed by atoms with Gasteiger partial charge in [0, 0.05) is 24.8 Å². The zero-order chi connectivity index (χ0) is 15.5. The molecule has 3 heteroatoms. The third-order valence-electron chi connectivity index (χ3n) is 3.96. The molecule has 114 valence electrons. The highest BCUT2D eigenvalue weighted by Crippen LogP contribution is 2.33. The van der Waals surface area contributed by atoms with Gasteiger partial charge in [0.05, 0.1) is 10.9 Å². The molecule has 0 aliphatic carbocycles. The van der Waals surface area contributed by atoms with Gasteiger partial charge in [0.25, 0.3) is 0 Å². The predicted molar refractivity (Wildman–Crippen MR) is 94.1 cm³/mol. The number of nitrogens with one attached hydrogen (secondary N) is 1. The fourth-order valence-electron chi connectivity index (χ4n) is 2.75. The van der Waals surface area contributed by atoms with Crippen LogP contribution in [0.5, 0.6) is 0 Å². The molecule has 0 saturated carbocycles. The van der Waals surface area contributed by atoms with E-state index in [1.807, 2.05) is 17.8 Å². The molecular formula is C19H23N3. The van der Waals surface area contributed by atoms with Gasteiger partial charge in [-0.15, -0.1) is 0 Å². The van der Waals surface area contributed by atoms with Crippen LogP contribution in [0.25, 0.3) is 22.2 Å². The van der Waals surface area contributed by atoms with E-state index in [0.29, 0.717) is 5.92 Å². The summed E-state index contributed by atoms with van der Waals surface area (Å²) in [6.45, 7) is 5.49. The molecule has 0 aliphatic heterocycles. The van der Waals surface area contributed by atoms with Crippen LogP contribution in [0.4, 0.5) is 5.69 Å². The van der Waals surface area contributed by atoms with E-state index in [-0.39, 0.29) is 0 Å². The number of aromatic nitrogens is 2. The third-order valence-corrected chi connectivity index (χ3v) is 3.96. The van der Waals surface area contributed by atoms with Crippen molar-refractivity contribution in [3.8, 4) is 11.3 Å². The van der Waals surface area contributed by atoms with E-state index in [1.54, 1.807) is 0 Å². The molecule has 0 bridgehead atoms. The lowest BCUT2D eigenvalue weighted by Crippen LogP contribution is -2.05. The van der Waals surface area contributed by atoms with Gasteiger partial charge in [-0.05, 0) is 24.5 Å². The van der Waals surface area contributed by atoms with Crippen molar-refractivity contribution >= 4 is 16.6 Å². The average Bonchev–Trinajstić information content (AvgIpc) is 2.86. The molecular weight excluding hydrogens is 270 g/mol. The second-order valence-corrected chi connectivity index (χ2v) is 6.15. The summed E-state index contributed by atoms with van der Waals surface area (Å²) in [5, 5.41) is 9.54. The van der Waals surface area contributed by atoms with E-state index in [1.165, 1.54) is 11.1 Å². The number of benzene rings is 2. The van der Waals surface area contributed by atoms with Gasteiger partial charge in [-0.1, -0.05) is 50.2 Å². The van der Waals surface area contributed by atoms with Crippen molar-refractivity contribution in [2.75, 3.05) is 11.9 Å². The highest BCUT2D eigenvalue weighted by Gasteiger charge is 2.13. The Hall–Kier alpha value is -2.29. The summed E-state index contributed by atoms with van der Waals surface area (Å²) >= 11 is 0. The molecule has 3 rings (SSSR count). The first kappa shape index (κ1) is 14.6. The Kier molecular flexibility index (Phi) is 4.14. The van der Waals surface area contributed by atoms with Gasteiger partial charge in [-0.2, -0.15) is 5.10 Å². The van der Waals surface area contributed by atoms with Crippen LogP contribution >= 0.6 is 0 Å². The quantitative estimate of drug-likeness (QED) is 0.739. The lowest BCUT2D eigenvalue weighted by molar-refractivity contribution is 0.607. The Bertz CT molecular complexity index is 757. The minimum atomic E-state index is 0.703. The smallest absolute Gasteiger partial charge is 0.102 e. The largest absolute Gasteiger partial charge is 0.384 e. The normalized spacial score (nSPS) is 11.3. The highest BCUT2D eigenvalue weighted by atomic mass is 15.3. The monoisotopic (exact) mass is 293 g/mol. The molecule has 1 heterocycles. The van der Waals surface area contributed by atoms with Crippen LogP contribution < -0.4 is 5.32 Å². The summed E-state index contributed by atoms with van der Waals surface area (Å²) in [5.74, 6) is 0.703. The van der Waals surface area contributed by atoms with E-state index in [4.69, 9.17) is 5.10 Å². The SMILES string of the molecule is CC(C)CCNc1cccc2c1c(-c1ccccc1)nn2C. The molecule has 0 spiro atoms. The molecule has 2 aromatic carbocycles. The van der Waals surface area contributed by atoms with Crippen LogP contribution in [0.15, 0.2) is 48.5 Å². The lowest BCUT2D eigenvalue weighted by Gasteiger charge is -2.10. The fourth-order valence-corrected chi connectivity index (χ4v) is 2.75. The summed E-state index contributed by atoms with van der Waals surface area (Å²) in [6, 6.07) is 16.8. The van der Waals surface area contributed by atoms with Crippen molar-refractivity contribution in [2.24, 2.45) is 13.0 Å². The molecule has 0 fully saturated rings. The van der Waals surface area contributed by atoms with Crippen molar-refractivity contribution in [1.82, 2.24) is 9.78 Å². The zero-order valence-electron chi connectivity index (χ0n) is 13.5. The molecule has 1 aromatic heterocycles. The minimum Gasteiger partial charge on any atom is -0.384 e. The van der Waals surface area contributed by atoms with E-state index in [9.17, 15) is 0 Å². The Balaban J connectivity index is 2.06. The standard InChI is InChI=1S/C19H23N3/c1-14(2)12-13-20-16-10-7-11-17-18(16)19(21-22(17)3)15-8-5-4-6-9-15/h4-11,14,20H,12-13H2,1-3H3. The van der Waals surface area contributed by atoms with Gasteiger partial charge in [0.15, 0.2) is 0 Å². The first-order chi connectivity index (χ1) is 10.7. The van der Waals surface area contributed by atoms with Crippen LogP contribution in [0.3, 0.4) is 0 Å². The maximum atomic E-state index is 4.74. The molecule has 0 amide bonds. The number of hydrogen-bond acceptors (Lipinski definition) is 2.